The van der Waals surface area contributed by atoms with E-state index in [2.05, 4.69) is 46.3 Å². The van der Waals surface area contributed by atoms with Crippen molar-refractivity contribution in [2.75, 3.05) is 37.7 Å². The Labute approximate surface area is 183 Å². The molecular formula is C25H28N4O2. The number of para-hydroxylation sites is 1. The number of carbonyl (C=O) groups excluding carboxylic acids is 1. The summed E-state index contributed by atoms with van der Waals surface area (Å²) in [6, 6.07) is 19.9. The van der Waals surface area contributed by atoms with Crippen LogP contribution in [-0.4, -0.2) is 53.8 Å². The van der Waals surface area contributed by atoms with Crippen molar-refractivity contribution >= 4 is 11.7 Å². The lowest BCUT2D eigenvalue weighted by molar-refractivity contribution is 0.0742. The Morgan fingerprint density at radius 2 is 1.65 bits per heavy atom. The Morgan fingerprint density at radius 1 is 0.903 bits per heavy atom. The molecule has 1 amide bonds. The Kier molecular flexibility index (Phi) is 6.46. The van der Waals surface area contributed by atoms with Gasteiger partial charge in [-0.3, -0.25) is 4.79 Å². The summed E-state index contributed by atoms with van der Waals surface area (Å²) in [6.45, 7) is 7.34. The zero-order chi connectivity index (χ0) is 21.6. The van der Waals surface area contributed by atoms with Gasteiger partial charge in [-0.1, -0.05) is 43.3 Å². The first-order valence-corrected chi connectivity index (χ1v) is 10.9. The third-order valence-electron chi connectivity index (χ3n) is 5.62. The maximum absolute atomic E-state index is 13.0. The highest BCUT2D eigenvalue weighted by atomic mass is 16.5. The van der Waals surface area contributed by atoms with E-state index in [9.17, 15) is 4.79 Å². The lowest BCUT2D eigenvalue weighted by atomic mass is 10.1. The molecule has 0 atom stereocenters. The zero-order valence-electron chi connectivity index (χ0n) is 18.1. The first kappa shape index (κ1) is 20.8. The van der Waals surface area contributed by atoms with Gasteiger partial charge in [0, 0.05) is 31.7 Å². The average Bonchev–Trinajstić information content (AvgIpc) is 2.84. The summed E-state index contributed by atoms with van der Waals surface area (Å²) in [5, 5.41) is 8.86. The van der Waals surface area contributed by atoms with Crippen molar-refractivity contribution < 1.29 is 9.53 Å². The van der Waals surface area contributed by atoms with Crippen LogP contribution in [0.5, 0.6) is 5.75 Å². The number of hydrogen-bond acceptors (Lipinski definition) is 5. The highest BCUT2D eigenvalue weighted by Crippen LogP contribution is 2.23. The highest BCUT2D eigenvalue weighted by molar-refractivity contribution is 5.97. The maximum Gasteiger partial charge on any atom is 0.257 e. The standard InChI is InChI=1S/C25H28N4O2/c1-3-19-9-11-20(12-10-19)22-13-14-24(27-26-22)28-15-17-29(18-16-28)25(30)21-7-5-6-8-23(21)31-4-2/h5-14H,3-4,15-18H2,1-2H3. The number of aromatic nitrogens is 2. The van der Waals surface area contributed by atoms with E-state index in [1.54, 1.807) is 0 Å². The molecule has 0 saturated carbocycles. The molecule has 160 valence electrons. The maximum atomic E-state index is 13.0. The van der Waals surface area contributed by atoms with Gasteiger partial charge in [0.05, 0.1) is 17.9 Å². The van der Waals surface area contributed by atoms with Crippen LogP contribution >= 0.6 is 0 Å². The molecule has 1 saturated heterocycles. The molecule has 6 heteroatoms. The van der Waals surface area contributed by atoms with Gasteiger partial charge in [0.25, 0.3) is 5.91 Å². The van der Waals surface area contributed by atoms with Crippen molar-refractivity contribution in [2.24, 2.45) is 0 Å². The van der Waals surface area contributed by atoms with E-state index in [1.165, 1.54) is 5.56 Å². The second-order valence-corrected chi connectivity index (χ2v) is 7.54. The monoisotopic (exact) mass is 416 g/mol. The Morgan fingerprint density at radius 3 is 2.29 bits per heavy atom. The van der Waals surface area contributed by atoms with Gasteiger partial charge in [-0.2, -0.15) is 0 Å². The van der Waals surface area contributed by atoms with Crippen molar-refractivity contribution in [1.29, 1.82) is 0 Å². The molecule has 1 aliphatic heterocycles. The van der Waals surface area contributed by atoms with Gasteiger partial charge in [0.2, 0.25) is 0 Å². The SMILES string of the molecule is CCOc1ccccc1C(=O)N1CCN(c2ccc(-c3ccc(CC)cc3)nn2)CC1. The summed E-state index contributed by atoms with van der Waals surface area (Å²) in [5.74, 6) is 1.50. The van der Waals surface area contributed by atoms with Gasteiger partial charge in [-0.15, -0.1) is 10.2 Å². The summed E-state index contributed by atoms with van der Waals surface area (Å²) < 4.78 is 5.62. The van der Waals surface area contributed by atoms with Crippen LogP contribution in [0.15, 0.2) is 60.7 Å². The van der Waals surface area contributed by atoms with Crippen LogP contribution in [0.3, 0.4) is 0 Å². The van der Waals surface area contributed by atoms with Crippen LogP contribution in [0.1, 0.15) is 29.8 Å². The lowest BCUT2D eigenvalue weighted by Gasteiger charge is -2.35. The van der Waals surface area contributed by atoms with Gasteiger partial charge in [-0.25, -0.2) is 0 Å². The Balaban J connectivity index is 1.39. The predicted molar refractivity (Wildman–Crippen MR) is 123 cm³/mol. The molecule has 0 spiro atoms. The third kappa shape index (κ3) is 4.68. The number of amides is 1. The zero-order valence-corrected chi connectivity index (χ0v) is 18.1. The number of piperazine rings is 1. The fourth-order valence-electron chi connectivity index (χ4n) is 3.79. The average molecular weight is 417 g/mol. The molecule has 2 aromatic carbocycles. The van der Waals surface area contributed by atoms with Gasteiger partial charge in [0.1, 0.15) is 5.75 Å². The number of nitrogens with zero attached hydrogens (tertiary/aromatic N) is 4. The molecule has 1 aliphatic rings. The van der Waals surface area contributed by atoms with Crippen molar-refractivity contribution in [1.82, 2.24) is 15.1 Å². The molecule has 31 heavy (non-hydrogen) atoms. The lowest BCUT2D eigenvalue weighted by Crippen LogP contribution is -2.49. The minimum Gasteiger partial charge on any atom is -0.493 e. The summed E-state index contributed by atoms with van der Waals surface area (Å²) >= 11 is 0. The fourth-order valence-corrected chi connectivity index (χ4v) is 3.79. The van der Waals surface area contributed by atoms with E-state index in [4.69, 9.17) is 4.74 Å². The van der Waals surface area contributed by atoms with Crippen molar-refractivity contribution in [3.8, 4) is 17.0 Å². The topological polar surface area (TPSA) is 58.6 Å². The summed E-state index contributed by atoms with van der Waals surface area (Å²) in [5.41, 5.74) is 3.87. The fraction of sp³-hybridized carbons (Fsp3) is 0.320. The van der Waals surface area contributed by atoms with Crippen LogP contribution < -0.4 is 9.64 Å². The molecular weight excluding hydrogens is 388 g/mol. The highest BCUT2D eigenvalue weighted by Gasteiger charge is 2.25. The van der Waals surface area contributed by atoms with E-state index in [0.717, 1.165) is 36.6 Å². The Bertz CT molecular complexity index is 1010. The van der Waals surface area contributed by atoms with Crippen molar-refractivity contribution in [3.63, 3.8) is 0 Å². The minimum atomic E-state index is 0.0145. The number of rotatable bonds is 6. The predicted octanol–water partition coefficient (Wildman–Crippen LogP) is 4.07. The molecule has 3 aromatic rings. The molecule has 6 nitrogen and oxygen atoms in total. The molecule has 0 aliphatic carbocycles. The quantitative estimate of drug-likeness (QED) is 0.606. The molecule has 4 rings (SSSR count). The number of ether oxygens (including phenoxy) is 1. The van der Waals surface area contributed by atoms with Crippen LogP contribution in [-0.2, 0) is 6.42 Å². The van der Waals surface area contributed by atoms with E-state index < -0.39 is 0 Å². The van der Waals surface area contributed by atoms with Crippen molar-refractivity contribution in [2.45, 2.75) is 20.3 Å². The van der Waals surface area contributed by atoms with Gasteiger partial charge >= 0.3 is 0 Å². The van der Waals surface area contributed by atoms with Gasteiger partial charge in [-0.05, 0) is 43.2 Å². The van der Waals surface area contributed by atoms with E-state index in [0.29, 0.717) is 31.0 Å². The first-order chi connectivity index (χ1) is 15.2. The molecule has 0 bridgehead atoms. The molecule has 1 aromatic heterocycles. The third-order valence-corrected chi connectivity index (χ3v) is 5.62. The number of benzene rings is 2. The number of anilines is 1. The summed E-state index contributed by atoms with van der Waals surface area (Å²) in [6.07, 6.45) is 1.02. The largest absolute Gasteiger partial charge is 0.493 e. The molecule has 0 N–H and O–H groups in total. The van der Waals surface area contributed by atoms with Crippen LogP contribution in [0.4, 0.5) is 5.82 Å². The number of aryl methyl sites for hydroxylation is 1. The van der Waals surface area contributed by atoms with E-state index >= 15 is 0 Å². The van der Waals surface area contributed by atoms with Crippen molar-refractivity contribution in [3.05, 3.63) is 71.8 Å². The summed E-state index contributed by atoms with van der Waals surface area (Å²) in [4.78, 5) is 17.0. The minimum absolute atomic E-state index is 0.0145. The van der Waals surface area contributed by atoms with Crippen LogP contribution in [0.25, 0.3) is 11.3 Å². The molecule has 0 unspecified atom stereocenters. The second kappa shape index (κ2) is 9.60. The number of carbonyl (C=O) groups is 1. The van der Waals surface area contributed by atoms with Gasteiger partial charge in [0.15, 0.2) is 5.82 Å². The number of hydrogen-bond donors (Lipinski definition) is 0. The first-order valence-electron chi connectivity index (χ1n) is 10.9. The normalized spacial score (nSPS) is 13.9. The molecule has 2 heterocycles. The smallest absolute Gasteiger partial charge is 0.257 e. The molecule has 0 radical (unpaired) electrons. The van der Waals surface area contributed by atoms with E-state index in [1.807, 2.05) is 48.2 Å². The van der Waals surface area contributed by atoms with Gasteiger partial charge < -0.3 is 14.5 Å². The van der Waals surface area contributed by atoms with Crippen LogP contribution in [0, 0.1) is 0 Å². The molecule has 1 fully saturated rings. The van der Waals surface area contributed by atoms with Crippen LogP contribution in [0.2, 0.25) is 0 Å². The Hall–Kier alpha value is -3.41. The summed E-state index contributed by atoms with van der Waals surface area (Å²) in [7, 11) is 0. The second-order valence-electron chi connectivity index (χ2n) is 7.54. The van der Waals surface area contributed by atoms with E-state index in [-0.39, 0.29) is 5.91 Å².